The van der Waals surface area contributed by atoms with Gasteiger partial charge in [-0.1, -0.05) is 12.1 Å². The fourth-order valence-electron chi connectivity index (χ4n) is 3.99. The molecule has 3 N–H and O–H groups in total. The first-order valence-corrected chi connectivity index (χ1v) is 9.57. The SMILES string of the molecule is Cn1ccc2ccc(-c3cc(C(N)C4COCCN4)cc4nccnc34)cc21. The molecule has 6 nitrogen and oxygen atoms in total. The van der Waals surface area contributed by atoms with Crippen LogP contribution in [0.2, 0.25) is 0 Å². The maximum Gasteiger partial charge on any atom is 0.0965 e. The van der Waals surface area contributed by atoms with Gasteiger partial charge >= 0.3 is 0 Å². The molecule has 0 saturated carbocycles. The number of nitrogens with two attached hydrogens (primary N) is 1. The number of benzene rings is 2. The minimum atomic E-state index is -0.177. The molecule has 0 spiro atoms. The topological polar surface area (TPSA) is 78.0 Å². The number of morpholine rings is 1. The molecule has 28 heavy (non-hydrogen) atoms. The van der Waals surface area contributed by atoms with Gasteiger partial charge in [-0.2, -0.15) is 0 Å². The van der Waals surface area contributed by atoms with Gasteiger partial charge in [-0.05, 0) is 40.8 Å². The van der Waals surface area contributed by atoms with E-state index >= 15 is 0 Å². The van der Waals surface area contributed by atoms with Gasteiger partial charge in [-0.15, -0.1) is 0 Å². The van der Waals surface area contributed by atoms with E-state index in [4.69, 9.17) is 10.5 Å². The van der Waals surface area contributed by atoms with Crippen molar-refractivity contribution in [2.75, 3.05) is 19.8 Å². The van der Waals surface area contributed by atoms with Crippen molar-refractivity contribution in [3.05, 3.63) is 60.6 Å². The molecule has 2 aromatic carbocycles. The Hall–Kier alpha value is -2.80. The fourth-order valence-corrected chi connectivity index (χ4v) is 3.99. The maximum absolute atomic E-state index is 6.61. The van der Waals surface area contributed by atoms with Crippen molar-refractivity contribution in [3.63, 3.8) is 0 Å². The summed E-state index contributed by atoms with van der Waals surface area (Å²) >= 11 is 0. The van der Waals surface area contributed by atoms with E-state index < -0.39 is 0 Å². The second-order valence-corrected chi connectivity index (χ2v) is 7.35. The van der Waals surface area contributed by atoms with Crippen LogP contribution in [-0.2, 0) is 11.8 Å². The Morgan fingerprint density at radius 2 is 2.07 bits per heavy atom. The van der Waals surface area contributed by atoms with Crippen molar-refractivity contribution in [1.29, 1.82) is 0 Å². The first kappa shape index (κ1) is 17.3. The van der Waals surface area contributed by atoms with Crippen LogP contribution in [0.25, 0.3) is 33.1 Å². The molecule has 1 fully saturated rings. The van der Waals surface area contributed by atoms with Gasteiger partial charge in [0.2, 0.25) is 0 Å². The number of ether oxygens (including phenoxy) is 1. The largest absolute Gasteiger partial charge is 0.378 e. The smallest absolute Gasteiger partial charge is 0.0965 e. The lowest BCUT2D eigenvalue weighted by atomic mass is 9.94. The molecular formula is C22H23N5O. The first-order chi connectivity index (χ1) is 13.7. The van der Waals surface area contributed by atoms with E-state index in [1.807, 2.05) is 6.07 Å². The predicted molar refractivity (Wildman–Crippen MR) is 111 cm³/mol. The summed E-state index contributed by atoms with van der Waals surface area (Å²) in [6.07, 6.45) is 5.54. The number of aryl methyl sites for hydroxylation is 1. The highest BCUT2D eigenvalue weighted by Crippen LogP contribution is 2.32. The first-order valence-electron chi connectivity index (χ1n) is 9.57. The van der Waals surface area contributed by atoms with E-state index in [9.17, 15) is 0 Å². The van der Waals surface area contributed by atoms with Gasteiger partial charge in [0.15, 0.2) is 0 Å². The summed E-state index contributed by atoms with van der Waals surface area (Å²) in [5, 5.41) is 4.68. The van der Waals surface area contributed by atoms with Crippen LogP contribution in [0.4, 0.5) is 0 Å². The molecule has 0 bridgehead atoms. The lowest BCUT2D eigenvalue weighted by Gasteiger charge is -2.29. The number of fused-ring (bicyclic) bond motifs is 2. The second kappa shape index (κ2) is 6.98. The Morgan fingerprint density at radius 1 is 1.18 bits per heavy atom. The Kier molecular flexibility index (Phi) is 4.31. The molecule has 0 radical (unpaired) electrons. The number of nitrogens with zero attached hydrogens (tertiary/aromatic N) is 3. The Balaban J connectivity index is 1.66. The molecule has 4 aromatic rings. The third-order valence-electron chi connectivity index (χ3n) is 5.56. The summed E-state index contributed by atoms with van der Waals surface area (Å²) < 4.78 is 7.74. The Morgan fingerprint density at radius 3 is 2.93 bits per heavy atom. The summed E-state index contributed by atoms with van der Waals surface area (Å²) in [4.78, 5) is 9.16. The van der Waals surface area contributed by atoms with E-state index in [2.05, 4.69) is 63.4 Å². The van der Waals surface area contributed by atoms with E-state index in [0.717, 1.165) is 40.9 Å². The molecule has 2 unspecified atom stereocenters. The van der Waals surface area contributed by atoms with Gasteiger partial charge in [-0.25, -0.2) is 0 Å². The van der Waals surface area contributed by atoms with Gasteiger partial charge in [0.25, 0.3) is 0 Å². The zero-order chi connectivity index (χ0) is 19.1. The summed E-state index contributed by atoms with van der Waals surface area (Å²) in [6.45, 7) is 2.17. The molecule has 142 valence electrons. The third kappa shape index (κ3) is 2.96. The van der Waals surface area contributed by atoms with Crippen molar-refractivity contribution < 1.29 is 4.74 Å². The van der Waals surface area contributed by atoms with Gasteiger partial charge in [-0.3, -0.25) is 9.97 Å². The monoisotopic (exact) mass is 373 g/mol. The fraction of sp³-hybridized carbons (Fsp3) is 0.273. The Labute approximate surface area is 163 Å². The van der Waals surface area contributed by atoms with Gasteiger partial charge in [0.1, 0.15) is 0 Å². The van der Waals surface area contributed by atoms with Crippen molar-refractivity contribution in [3.8, 4) is 11.1 Å². The van der Waals surface area contributed by atoms with Gasteiger partial charge in [0.05, 0.1) is 24.2 Å². The van der Waals surface area contributed by atoms with Crippen LogP contribution in [0.3, 0.4) is 0 Å². The molecule has 1 aliphatic rings. The number of rotatable bonds is 3. The number of hydrogen-bond acceptors (Lipinski definition) is 5. The summed E-state index contributed by atoms with van der Waals surface area (Å²) in [5.41, 5.74) is 12.7. The third-order valence-corrected chi connectivity index (χ3v) is 5.56. The molecular weight excluding hydrogens is 350 g/mol. The van der Waals surface area contributed by atoms with Crippen LogP contribution < -0.4 is 11.1 Å². The normalized spacial score (nSPS) is 18.6. The van der Waals surface area contributed by atoms with Crippen molar-refractivity contribution in [1.82, 2.24) is 19.9 Å². The molecule has 2 aromatic heterocycles. The van der Waals surface area contributed by atoms with Gasteiger partial charge < -0.3 is 20.4 Å². The molecule has 3 heterocycles. The van der Waals surface area contributed by atoms with Gasteiger partial charge in [0, 0.05) is 55.3 Å². The molecule has 0 amide bonds. The highest BCUT2D eigenvalue weighted by Gasteiger charge is 2.23. The quantitative estimate of drug-likeness (QED) is 0.577. The van der Waals surface area contributed by atoms with E-state index in [-0.39, 0.29) is 12.1 Å². The lowest BCUT2D eigenvalue weighted by molar-refractivity contribution is 0.0685. The molecule has 5 rings (SSSR count). The molecule has 2 atom stereocenters. The summed E-state index contributed by atoms with van der Waals surface area (Å²) in [5.74, 6) is 0. The van der Waals surface area contributed by atoms with E-state index in [0.29, 0.717) is 6.61 Å². The van der Waals surface area contributed by atoms with E-state index in [1.165, 1.54) is 10.9 Å². The predicted octanol–water partition coefficient (Wildman–Crippen LogP) is 2.78. The van der Waals surface area contributed by atoms with Crippen LogP contribution in [-0.4, -0.2) is 40.3 Å². The standard InChI is InChI=1S/C22H23N5O/c1-27-8-4-14-2-3-15(12-20(14)27)17-10-16(11-18-22(17)26-6-5-24-18)21(23)19-13-28-9-7-25-19/h2-6,8,10-12,19,21,25H,7,9,13,23H2,1H3. The van der Waals surface area contributed by atoms with Crippen LogP contribution in [0.15, 0.2) is 55.0 Å². The number of aromatic nitrogens is 3. The zero-order valence-electron chi connectivity index (χ0n) is 15.8. The number of nitrogens with one attached hydrogen (secondary N) is 1. The maximum atomic E-state index is 6.61. The lowest BCUT2D eigenvalue weighted by Crippen LogP contribution is -2.47. The number of hydrogen-bond donors (Lipinski definition) is 2. The van der Waals surface area contributed by atoms with Crippen LogP contribution in [0, 0.1) is 0 Å². The average Bonchev–Trinajstić information content (AvgIpc) is 3.13. The van der Waals surface area contributed by atoms with Crippen LogP contribution >= 0.6 is 0 Å². The Bertz CT molecular complexity index is 1150. The minimum absolute atomic E-state index is 0.0890. The summed E-state index contributed by atoms with van der Waals surface area (Å²) in [6, 6.07) is 12.7. The summed E-state index contributed by atoms with van der Waals surface area (Å²) in [7, 11) is 2.06. The molecule has 6 heteroatoms. The molecule has 1 saturated heterocycles. The van der Waals surface area contributed by atoms with E-state index in [1.54, 1.807) is 12.4 Å². The van der Waals surface area contributed by atoms with Crippen molar-refractivity contribution >= 4 is 21.9 Å². The molecule has 0 aliphatic carbocycles. The zero-order valence-corrected chi connectivity index (χ0v) is 15.8. The highest BCUT2D eigenvalue weighted by molar-refractivity contribution is 5.95. The second-order valence-electron chi connectivity index (χ2n) is 7.35. The minimum Gasteiger partial charge on any atom is -0.378 e. The molecule has 1 aliphatic heterocycles. The highest BCUT2D eigenvalue weighted by atomic mass is 16.5. The van der Waals surface area contributed by atoms with Crippen LogP contribution in [0.1, 0.15) is 11.6 Å². The van der Waals surface area contributed by atoms with Crippen LogP contribution in [0.5, 0.6) is 0 Å². The average molecular weight is 373 g/mol. The van der Waals surface area contributed by atoms with Crippen molar-refractivity contribution in [2.24, 2.45) is 12.8 Å². The van der Waals surface area contributed by atoms with Crippen molar-refractivity contribution in [2.45, 2.75) is 12.1 Å².